The maximum atomic E-state index is 13.8. The summed E-state index contributed by atoms with van der Waals surface area (Å²) in [5.41, 5.74) is -1.70. The molecule has 4 rings (SSSR count). The number of rotatable bonds is 9. The highest BCUT2D eigenvalue weighted by Gasteiger charge is 2.40. The van der Waals surface area contributed by atoms with E-state index in [-0.39, 0.29) is 22.6 Å². The number of ether oxygens (including phenoxy) is 1. The van der Waals surface area contributed by atoms with Crippen LogP contribution in [0.15, 0.2) is 71.6 Å². The molecule has 0 radical (unpaired) electrons. The number of hydrogen-bond acceptors (Lipinski definition) is 6. The second-order valence-electron chi connectivity index (χ2n) is 11.2. The van der Waals surface area contributed by atoms with Crippen molar-refractivity contribution in [2.45, 2.75) is 75.8 Å². The van der Waals surface area contributed by atoms with Crippen LogP contribution in [-0.2, 0) is 32.3 Å². The van der Waals surface area contributed by atoms with Crippen molar-refractivity contribution in [2.75, 3.05) is 14.9 Å². The molecule has 0 aliphatic carbocycles. The van der Waals surface area contributed by atoms with Gasteiger partial charge in [-0.1, -0.05) is 31.5 Å². The first-order chi connectivity index (χ1) is 19.5. The maximum absolute atomic E-state index is 13.8. The monoisotopic (exact) mass is 607 g/mol. The Labute approximate surface area is 242 Å². The van der Waals surface area contributed by atoms with E-state index in [0.717, 1.165) is 34.6 Å². The Bertz CT molecular complexity index is 1550. The van der Waals surface area contributed by atoms with E-state index in [0.29, 0.717) is 24.2 Å². The number of anilines is 3. The molecule has 226 valence electrons. The second-order valence-corrected chi connectivity index (χ2v) is 13.1. The minimum Gasteiger partial charge on any atom is -0.460 e. The lowest BCUT2D eigenvalue weighted by molar-refractivity contribution is -0.155. The molecule has 0 fully saturated rings. The summed E-state index contributed by atoms with van der Waals surface area (Å²) in [4.78, 5) is 12.5. The third kappa shape index (κ3) is 6.97. The normalized spacial score (nSPS) is 16.8. The van der Waals surface area contributed by atoms with Crippen LogP contribution in [0.4, 0.5) is 34.6 Å². The highest BCUT2D eigenvalue weighted by atomic mass is 32.2. The molecule has 0 amide bonds. The van der Waals surface area contributed by atoms with Gasteiger partial charge < -0.3 is 15.4 Å². The van der Waals surface area contributed by atoms with E-state index in [9.17, 15) is 30.8 Å². The Morgan fingerprint density at radius 3 is 2.21 bits per heavy atom. The summed E-state index contributed by atoms with van der Waals surface area (Å²) in [6, 6.07) is 13.4. The van der Waals surface area contributed by atoms with Crippen molar-refractivity contribution in [1.29, 1.82) is 0 Å². The van der Waals surface area contributed by atoms with E-state index in [2.05, 4.69) is 10.6 Å². The quantitative estimate of drug-likeness (QED) is 0.196. The summed E-state index contributed by atoms with van der Waals surface area (Å²) < 4.78 is 89.2. The number of benzene rings is 3. The molecule has 1 aliphatic heterocycles. The van der Waals surface area contributed by atoms with Gasteiger partial charge in [0, 0.05) is 0 Å². The van der Waals surface area contributed by atoms with Gasteiger partial charge >= 0.3 is 12.1 Å². The molecule has 0 spiro atoms. The van der Waals surface area contributed by atoms with Gasteiger partial charge in [0.15, 0.2) is 0 Å². The lowest BCUT2D eigenvalue weighted by atomic mass is 10.0. The maximum Gasteiger partial charge on any atom is 0.416 e. The highest BCUT2D eigenvalue weighted by Crippen LogP contribution is 2.42. The van der Waals surface area contributed by atoms with E-state index < -0.39 is 51.4 Å². The predicted octanol–water partition coefficient (Wildman–Crippen LogP) is 7.31. The summed E-state index contributed by atoms with van der Waals surface area (Å²) in [5.74, 6) is -1.10. The fraction of sp³-hybridized carbons (Fsp3) is 0.367. The standard InChI is InChI=1S/C30H33F4N3O4S/c1-5-16-29(18-27(38)41-28(2,3)4)35-25-15-12-22(17-26(25)36-29)37(42(39,40)23-13-10-21(31)11-14-23)19-20-8-6-7-9-24(20)30(32,33)34/h6-15,17,35-36H,5,16,18-19H2,1-4H3. The summed E-state index contributed by atoms with van der Waals surface area (Å²) in [5, 5.41) is 6.61. The third-order valence-corrected chi connectivity index (χ3v) is 8.41. The Kier molecular flexibility index (Phi) is 8.50. The van der Waals surface area contributed by atoms with Crippen LogP contribution >= 0.6 is 0 Å². The molecule has 1 aliphatic rings. The first kappa shape index (κ1) is 31.1. The van der Waals surface area contributed by atoms with Gasteiger partial charge in [0.05, 0.1) is 40.5 Å². The molecule has 1 heterocycles. The molecule has 0 saturated heterocycles. The van der Waals surface area contributed by atoms with E-state index in [1.807, 2.05) is 6.92 Å². The largest absolute Gasteiger partial charge is 0.460 e. The Balaban J connectivity index is 1.76. The zero-order valence-corrected chi connectivity index (χ0v) is 24.5. The number of nitrogens with one attached hydrogen (secondary N) is 2. The van der Waals surface area contributed by atoms with Crippen LogP contribution < -0.4 is 14.9 Å². The summed E-state index contributed by atoms with van der Waals surface area (Å²) in [6.45, 7) is 6.60. The fourth-order valence-electron chi connectivity index (χ4n) is 4.94. The topological polar surface area (TPSA) is 87.7 Å². The van der Waals surface area contributed by atoms with Gasteiger partial charge in [-0.2, -0.15) is 13.2 Å². The number of alkyl halides is 3. The number of halogens is 4. The Hall–Kier alpha value is -3.80. The number of fused-ring (bicyclic) bond motifs is 1. The molecular weight excluding hydrogens is 574 g/mol. The fourth-order valence-corrected chi connectivity index (χ4v) is 6.37. The molecule has 3 aromatic rings. The molecule has 0 aromatic heterocycles. The molecule has 7 nitrogen and oxygen atoms in total. The van der Waals surface area contributed by atoms with Crippen LogP contribution in [0.1, 0.15) is 58.1 Å². The molecule has 1 unspecified atom stereocenters. The van der Waals surface area contributed by atoms with Gasteiger partial charge in [-0.25, -0.2) is 12.8 Å². The average Bonchev–Trinajstić information content (AvgIpc) is 3.22. The number of nitrogens with zero attached hydrogens (tertiary/aromatic N) is 1. The van der Waals surface area contributed by atoms with Gasteiger partial charge in [0.25, 0.3) is 10.0 Å². The van der Waals surface area contributed by atoms with Gasteiger partial charge in [0.1, 0.15) is 17.1 Å². The molecular formula is C30H33F4N3O4S. The van der Waals surface area contributed by atoms with Crippen LogP contribution in [0.3, 0.4) is 0 Å². The highest BCUT2D eigenvalue weighted by molar-refractivity contribution is 7.92. The van der Waals surface area contributed by atoms with E-state index in [4.69, 9.17) is 4.74 Å². The molecule has 12 heteroatoms. The Morgan fingerprint density at radius 1 is 0.952 bits per heavy atom. The zero-order chi connectivity index (χ0) is 30.9. The van der Waals surface area contributed by atoms with E-state index in [1.165, 1.54) is 30.3 Å². The lowest BCUT2D eigenvalue weighted by Gasteiger charge is -2.31. The number of esters is 1. The van der Waals surface area contributed by atoms with Crippen molar-refractivity contribution in [3.05, 3.63) is 83.7 Å². The number of carbonyl (C=O) groups excluding carboxylic acids is 1. The van der Waals surface area contributed by atoms with Gasteiger partial charge in [-0.15, -0.1) is 0 Å². The number of carbonyl (C=O) groups is 1. The van der Waals surface area contributed by atoms with Crippen molar-refractivity contribution in [3.63, 3.8) is 0 Å². The summed E-state index contributed by atoms with van der Waals surface area (Å²) >= 11 is 0. The van der Waals surface area contributed by atoms with Crippen molar-refractivity contribution in [1.82, 2.24) is 0 Å². The van der Waals surface area contributed by atoms with Gasteiger partial charge in [-0.3, -0.25) is 9.10 Å². The van der Waals surface area contributed by atoms with Gasteiger partial charge in [-0.05, 0) is 81.3 Å². The second kappa shape index (κ2) is 11.5. The summed E-state index contributed by atoms with van der Waals surface area (Å²) in [7, 11) is -4.45. The van der Waals surface area contributed by atoms with E-state index >= 15 is 0 Å². The average molecular weight is 608 g/mol. The van der Waals surface area contributed by atoms with Crippen LogP contribution in [0, 0.1) is 5.82 Å². The van der Waals surface area contributed by atoms with Crippen molar-refractivity contribution >= 4 is 33.1 Å². The molecule has 42 heavy (non-hydrogen) atoms. The molecule has 3 aromatic carbocycles. The van der Waals surface area contributed by atoms with Gasteiger partial charge in [0.2, 0.25) is 0 Å². The smallest absolute Gasteiger partial charge is 0.416 e. The molecule has 0 bridgehead atoms. The lowest BCUT2D eigenvalue weighted by Crippen LogP contribution is -2.45. The van der Waals surface area contributed by atoms with Crippen LogP contribution in [0.2, 0.25) is 0 Å². The molecule has 1 atom stereocenters. The number of hydrogen-bond donors (Lipinski definition) is 2. The van der Waals surface area contributed by atoms with Crippen LogP contribution in [0.5, 0.6) is 0 Å². The third-order valence-electron chi connectivity index (χ3n) is 6.62. The predicted molar refractivity (Wildman–Crippen MR) is 153 cm³/mol. The SMILES string of the molecule is CCCC1(CC(=O)OC(C)(C)C)Nc2ccc(N(Cc3ccccc3C(F)(F)F)S(=O)(=O)c3ccc(F)cc3)cc2N1. The number of sulfonamides is 1. The first-order valence-corrected chi connectivity index (χ1v) is 14.8. The van der Waals surface area contributed by atoms with Crippen molar-refractivity contribution < 1.29 is 35.5 Å². The van der Waals surface area contributed by atoms with Crippen molar-refractivity contribution in [2.24, 2.45) is 0 Å². The van der Waals surface area contributed by atoms with Crippen LogP contribution in [0.25, 0.3) is 0 Å². The minimum absolute atomic E-state index is 0.0291. The molecule has 2 N–H and O–H groups in total. The minimum atomic E-state index is -4.72. The summed E-state index contributed by atoms with van der Waals surface area (Å²) in [6.07, 6.45) is -3.53. The Morgan fingerprint density at radius 2 is 1.60 bits per heavy atom. The van der Waals surface area contributed by atoms with Crippen molar-refractivity contribution in [3.8, 4) is 0 Å². The first-order valence-electron chi connectivity index (χ1n) is 13.4. The van der Waals surface area contributed by atoms with E-state index in [1.54, 1.807) is 26.8 Å². The van der Waals surface area contributed by atoms with Crippen LogP contribution in [-0.4, -0.2) is 25.7 Å². The molecule has 0 saturated carbocycles. The zero-order valence-electron chi connectivity index (χ0n) is 23.7.